The van der Waals surface area contributed by atoms with E-state index < -0.39 is 0 Å². The van der Waals surface area contributed by atoms with Gasteiger partial charge in [0.2, 0.25) is 5.91 Å². The topological polar surface area (TPSA) is 62.3 Å². The third-order valence-electron chi connectivity index (χ3n) is 5.65. The van der Waals surface area contributed by atoms with Crippen molar-refractivity contribution < 1.29 is 9.59 Å². The van der Waals surface area contributed by atoms with E-state index in [0.717, 1.165) is 25.7 Å². The van der Waals surface area contributed by atoms with Gasteiger partial charge < -0.3 is 10.2 Å². The summed E-state index contributed by atoms with van der Waals surface area (Å²) in [6.45, 7) is 0.937. The highest BCUT2D eigenvalue weighted by atomic mass is 35.5. The lowest BCUT2D eigenvalue weighted by molar-refractivity contribution is -0.141. The summed E-state index contributed by atoms with van der Waals surface area (Å²) in [4.78, 5) is 30.9. The number of halogens is 2. The number of pyridine rings is 1. The van der Waals surface area contributed by atoms with E-state index in [4.69, 9.17) is 23.2 Å². The van der Waals surface area contributed by atoms with Gasteiger partial charge in [0.1, 0.15) is 0 Å². The Bertz CT molecular complexity index is 688. The van der Waals surface area contributed by atoms with Crippen LogP contribution in [0.1, 0.15) is 48.9 Å². The summed E-state index contributed by atoms with van der Waals surface area (Å²) in [6, 6.07) is 0.355. The molecule has 0 radical (unpaired) electrons. The van der Waals surface area contributed by atoms with E-state index in [1.54, 1.807) is 0 Å². The van der Waals surface area contributed by atoms with Crippen LogP contribution < -0.4 is 5.32 Å². The van der Waals surface area contributed by atoms with Crippen LogP contribution in [-0.4, -0.2) is 40.8 Å². The van der Waals surface area contributed by atoms with Crippen molar-refractivity contribution in [3.8, 4) is 0 Å². The zero-order valence-electron chi connectivity index (χ0n) is 13.9. The van der Waals surface area contributed by atoms with Crippen LogP contribution in [0.25, 0.3) is 0 Å². The maximum atomic E-state index is 12.7. The molecule has 3 aliphatic rings. The van der Waals surface area contributed by atoms with E-state index in [1.807, 2.05) is 4.90 Å². The number of nitrogens with one attached hydrogen (secondary N) is 1. The molecule has 3 saturated carbocycles. The Balaban J connectivity index is 1.31. The lowest BCUT2D eigenvalue weighted by atomic mass is 9.71. The second-order valence-electron chi connectivity index (χ2n) is 7.60. The minimum Gasteiger partial charge on any atom is -0.350 e. The van der Waals surface area contributed by atoms with Crippen LogP contribution in [0.5, 0.6) is 0 Å². The first-order valence-electron chi connectivity index (χ1n) is 8.87. The SMILES string of the molecule is O=C(NCCN(C(=O)C1CC2(CC2)C1)C1CC1)c1c(Cl)cncc1Cl. The van der Waals surface area contributed by atoms with Crippen molar-refractivity contribution in [2.45, 2.75) is 44.6 Å². The van der Waals surface area contributed by atoms with Gasteiger partial charge in [0.15, 0.2) is 0 Å². The first-order valence-corrected chi connectivity index (χ1v) is 9.62. The van der Waals surface area contributed by atoms with Gasteiger partial charge in [0.05, 0.1) is 15.6 Å². The second kappa shape index (κ2) is 6.44. The number of nitrogens with zero attached hydrogens (tertiary/aromatic N) is 2. The minimum atomic E-state index is -0.332. The lowest BCUT2D eigenvalue weighted by Gasteiger charge is -2.38. The molecule has 134 valence electrons. The number of carbonyl (C=O) groups is 2. The van der Waals surface area contributed by atoms with E-state index in [9.17, 15) is 9.59 Å². The van der Waals surface area contributed by atoms with Crippen LogP contribution in [0.2, 0.25) is 10.0 Å². The lowest BCUT2D eigenvalue weighted by Crippen LogP contribution is -2.46. The van der Waals surface area contributed by atoms with E-state index in [0.29, 0.717) is 24.5 Å². The van der Waals surface area contributed by atoms with Gasteiger partial charge in [-0.2, -0.15) is 0 Å². The predicted molar refractivity (Wildman–Crippen MR) is 95.7 cm³/mol. The summed E-state index contributed by atoms with van der Waals surface area (Å²) in [5.41, 5.74) is 0.760. The van der Waals surface area contributed by atoms with Crippen molar-refractivity contribution in [3.63, 3.8) is 0 Å². The molecule has 0 atom stereocenters. The Kier molecular flexibility index (Phi) is 4.40. The molecule has 0 unspecified atom stereocenters. The van der Waals surface area contributed by atoms with Crippen molar-refractivity contribution in [2.75, 3.05) is 13.1 Å². The molecule has 1 heterocycles. The molecule has 25 heavy (non-hydrogen) atoms. The van der Waals surface area contributed by atoms with E-state index in [-0.39, 0.29) is 33.3 Å². The molecule has 2 amide bonds. The Morgan fingerprint density at radius 1 is 1.20 bits per heavy atom. The molecule has 4 rings (SSSR count). The summed E-state index contributed by atoms with van der Waals surface area (Å²) < 4.78 is 0. The molecule has 1 aromatic heterocycles. The van der Waals surface area contributed by atoms with Crippen LogP contribution in [0.3, 0.4) is 0 Å². The number of amides is 2. The molecular weight excluding hydrogens is 361 g/mol. The second-order valence-corrected chi connectivity index (χ2v) is 8.42. The fraction of sp³-hybridized carbons (Fsp3) is 0.611. The molecule has 7 heteroatoms. The average molecular weight is 382 g/mol. The van der Waals surface area contributed by atoms with Crippen molar-refractivity contribution in [1.82, 2.24) is 15.2 Å². The molecule has 5 nitrogen and oxygen atoms in total. The van der Waals surface area contributed by atoms with Crippen LogP contribution in [0.4, 0.5) is 0 Å². The minimum absolute atomic E-state index is 0.197. The number of carbonyl (C=O) groups excluding carboxylic acids is 2. The first-order chi connectivity index (χ1) is 12.0. The summed E-state index contributed by atoms with van der Waals surface area (Å²) in [5.74, 6) is 0.137. The Morgan fingerprint density at radius 2 is 1.84 bits per heavy atom. The molecule has 0 aromatic carbocycles. The zero-order valence-corrected chi connectivity index (χ0v) is 15.4. The van der Waals surface area contributed by atoms with Crippen LogP contribution in [0, 0.1) is 11.3 Å². The summed E-state index contributed by atoms with van der Waals surface area (Å²) >= 11 is 12.0. The highest BCUT2D eigenvalue weighted by Crippen LogP contribution is 2.63. The fourth-order valence-corrected chi connectivity index (χ4v) is 4.38. The summed E-state index contributed by atoms with van der Waals surface area (Å²) in [7, 11) is 0. The number of rotatable bonds is 6. The van der Waals surface area contributed by atoms with Gasteiger partial charge in [-0.25, -0.2) is 0 Å². The molecule has 0 saturated heterocycles. The fourth-order valence-electron chi connectivity index (χ4n) is 3.85. The Morgan fingerprint density at radius 3 is 2.40 bits per heavy atom. The first kappa shape index (κ1) is 17.1. The van der Waals surface area contributed by atoms with Gasteiger partial charge in [0, 0.05) is 37.4 Å². The van der Waals surface area contributed by atoms with Gasteiger partial charge in [-0.3, -0.25) is 14.6 Å². The Labute approximate surface area is 157 Å². The molecular formula is C18H21Cl2N3O2. The summed E-state index contributed by atoms with van der Waals surface area (Å²) in [6.07, 6.45) is 9.64. The maximum absolute atomic E-state index is 12.7. The van der Waals surface area contributed by atoms with E-state index in [1.165, 1.54) is 25.2 Å². The monoisotopic (exact) mass is 381 g/mol. The highest BCUT2D eigenvalue weighted by molar-refractivity contribution is 6.39. The Hall–Kier alpha value is -1.33. The van der Waals surface area contributed by atoms with Gasteiger partial charge in [-0.15, -0.1) is 0 Å². The van der Waals surface area contributed by atoms with Crippen LogP contribution in [-0.2, 0) is 4.79 Å². The number of hydrogen-bond donors (Lipinski definition) is 1. The van der Waals surface area contributed by atoms with Crippen molar-refractivity contribution >= 4 is 35.0 Å². The molecule has 3 aliphatic carbocycles. The third kappa shape index (κ3) is 3.49. The molecule has 0 bridgehead atoms. The molecule has 0 aliphatic heterocycles. The predicted octanol–water partition coefficient (Wildman–Crippen LogP) is 3.30. The van der Waals surface area contributed by atoms with Crippen molar-refractivity contribution in [2.24, 2.45) is 11.3 Å². The van der Waals surface area contributed by atoms with E-state index in [2.05, 4.69) is 10.3 Å². The molecule has 1 aromatic rings. The normalized spacial score (nSPS) is 20.9. The van der Waals surface area contributed by atoms with Crippen molar-refractivity contribution in [3.05, 3.63) is 28.0 Å². The van der Waals surface area contributed by atoms with Crippen LogP contribution >= 0.6 is 23.2 Å². The molecule has 1 N–H and O–H groups in total. The van der Waals surface area contributed by atoms with E-state index >= 15 is 0 Å². The quantitative estimate of drug-likeness (QED) is 0.821. The number of aromatic nitrogens is 1. The molecule has 3 fully saturated rings. The van der Waals surface area contributed by atoms with Crippen LogP contribution in [0.15, 0.2) is 12.4 Å². The maximum Gasteiger partial charge on any atom is 0.254 e. The highest BCUT2D eigenvalue weighted by Gasteiger charge is 2.56. The average Bonchev–Trinajstić information content (AvgIpc) is 3.43. The smallest absolute Gasteiger partial charge is 0.254 e. The van der Waals surface area contributed by atoms with Gasteiger partial charge in [-0.1, -0.05) is 23.2 Å². The standard InChI is InChI=1S/C18H21Cl2N3O2/c19-13-9-21-10-14(20)15(13)16(24)22-5-6-23(12-1-2-12)17(25)11-7-18(8-11)3-4-18/h9-12H,1-8H2,(H,22,24). The molecule has 1 spiro atoms. The van der Waals surface area contributed by atoms with Crippen molar-refractivity contribution in [1.29, 1.82) is 0 Å². The van der Waals surface area contributed by atoms with Gasteiger partial charge in [0.25, 0.3) is 5.91 Å². The largest absolute Gasteiger partial charge is 0.350 e. The third-order valence-corrected chi connectivity index (χ3v) is 6.23. The summed E-state index contributed by atoms with van der Waals surface area (Å²) in [5, 5.41) is 3.28. The number of hydrogen-bond acceptors (Lipinski definition) is 3. The zero-order chi connectivity index (χ0) is 17.6. The van der Waals surface area contributed by atoms with Gasteiger partial charge >= 0.3 is 0 Å². The van der Waals surface area contributed by atoms with Gasteiger partial charge in [-0.05, 0) is 43.9 Å².